The van der Waals surface area contributed by atoms with Crippen LogP contribution in [0.5, 0.6) is 0 Å². The molecule has 124 valence electrons. The summed E-state index contributed by atoms with van der Waals surface area (Å²) in [6, 6.07) is 26.7. The van der Waals surface area contributed by atoms with E-state index in [0.29, 0.717) is 0 Å². The van der Waals surface area contributed by atoms with Crippen LogP contribution >= 0.6 is 0 Å². The number of hydrogen-bond acceptors (Lipinski definition) is 0. The molecule has 0 unspecified atom stereocenters. The van der Waals surface area contributed by atoms with Crippen LogP contribution < -0.4 is 0 Å². The van der Waals surface area contributed by atoms with Gasteiger partial charge < -0.3 is 0 Å². The Morgan fingerprint density at radius 2 is 1.46 bits per heavy atom. The number of hydrogen-bond donors (Lipinski definition) is 0. The zero-order chi connectivity index (χ0) is 17.5. The van der Waals surface area contributed by atoms with Crippen molar-refractivity contribution in [3.05, 3.63) is 107 Å². The summed E-state index contributed by atoms with van der Waals surface area (Å²) < 4.78 is 0. The van der Waals surface area contributed by atoms with Gasteiger partial charge in [0.05, 0.1) is 0 Å². The van der Waals surface area contributed by atoms with Gasteiger partial charge >= 0.3 is 0 Å². The van der Waals surface area contributed by atoms with Gasteiger partial charge in [-0.15, -0.1) is 0 Å². The highest BCUT2D eigenvalue weighted by atomic mass is 14.1. The Kier molecular flexibility index (Phi) is 3.50. The molecule has 4 aromatic rings. The fraction of sp³-hybridized carbons (Fsp3) is 0.0769. The van der Waals surface area contributed by atoms with Gasteiger partial charge in [-0.25, -0.2) is 0 Å². The molecule has 0 bridgehead atoms. The van der Waals surface area contributed by atoms with Gasteiger partial charge in [0.25, 0.3) is 0 Å². The van der Waals surface area contributed by atoms with Gasteiger partial charge in [-0.3, -0.25) is 0 Å². The Balaban J connectivity index is 1.66. The van der Waals surface area contributed by atoms with Gasteiger partial charge in [0.15, 0.2) is 0 Å². The monoisotopic (exact) mass is 332 g/mol. The predicted molar refractivity (Wildman–Crippen MR) is 113 cm³/mol. The summed E-state index contributed by atoms with van der Waals surface area (Å²) in [6.45, 7) is 2.15. The van der Waals surface area contributed by atoms with E-state index in [-0.39, 0.29) is 0 Å². The second-order valence-electron chi connectivity index (χ2n) is 7.17. The number of benzene rings is 4. The summed E-state index contributed by atoms with van der Waals surface area (Å²) in [5.74, 6) is 0. The smallest absolute Gasteiger partial charge is 0.00882 e. The largest absolute Gasteiger partial charge is 0.0795 e. The third-order valence-corrected chi connectivity index (χ3v) is 5.29. The number of rotatable bonds is 1. The minimum Gasteiger partial charge on any atom is -0.0795 e. The van der Waals surface area contributed by atoms with E-state index in [9.17, 15) is 0 Å². The van der Waals surface area contributed by atoms with Crippen molar-refractivity contribution in [2.75, 3.05) is 0 Å². The zero-order valence-electron chi connectivity index (χ0n) is 14.9. The molecule has 5 rings (SSSR count). The summed E-state index contributed by atoms with van der Waals surface area (Å²) in [7, 11) is 0. The first-order chi connectivity index (χ1) is 12.8. The molecule has 0 heterocycles. The molecular weight excluding hydrogens is 312 g/mol. The van der Waals surface area contributed by atoms with Gasteiger partial charge in [-0.2, -0.15) is 0 Å². The summed E-state index contributed by atoms with van der Waals surface area (Å²) >= 11 is 0. The van der Waals surface area contributed by atoms with Gasteiger partial charge in [-0.1, -0.05) is 72.3 Å². The van der Waals surface area contributed by atoms with E-state index < -0.39 is 0 Å². The van der Waals surface area contributed by atoms with Crippen LogP contribution in [0, 0.1) is 6.92 Å². The summed E-state index contributed by atoms with van der Waals surface area (Å²) in [5, 5.41) is 5.21. The molecule has 0 radical (unpaired) electrons. The maximum absolute atomic E-state index is 2.32. The third-order valence-electron chi connectivity index (χ3n) is 5.29. The van der Waals surface area contributed by atoms with Crippen molar-refractivity contribution in [1.82, 2.24) is 0 Å². The maximum Gasteiger partial charge on any atom is -0.00882 e. The van der Waals surface area contributed by atoms with Crippen LogP contribution in [0.1, 0.15) is 22.3 Å². The van der Waals surface area contributed by atoms with Gasteiger partial charge in [0.1, 0.15) is 0 Å². The highest BCUT2D eigenvalue weighted by Gasteiger charge is 2.07. The van der Waals surface area contributed by atoms with Crippen molar-refractivity contribution < 1.29 is 0 Å². The highest BCUT2D eigenvalue weighted by molar-refractivity contribution is 6.00. The van der Waals surface area contributed by atoms with Crippen LogP contribution in [0.25, 0.3) is 33.2 Å². The molecule has 0 heteroatoms. The second kappa shape index (κ2) is 6.00. The Bertz CT molecular complexity index is 1210. The highest BCUT2D eigenvalue weighted by Crippen LogP contribution is 2.30. The Hall–Kier alpha value is -3.12. The average Bonchev–Trinajstić information content (AvgIpc) is 2.88. The van der Waals surface area contributed by atoms with Crippen molar-refractivity contribution in [1.29, 1.82) is 0 Å². The van der Waals surface area contributed by atoms with Crippen molar-refractivity contribution in [3.8, 4) is 0 Å². The van der Waals surface area contributed by atoms with Crippen LogP contribution in [-0.4, -0.2) is 0 Å². The minimum absolute atomic E-state index is 0.994. The fourth-order valence-corrected chi connectivity index (χ4v) is 3.87. The zero-order valence-corrected chi connectivity index (χ0v) is 14.9. The summed E-state index contributed by atoms with van der Waals surface area (Å²) in [6.07, 6.45) is 7.83. The Labute approximate surface area is 154 Å². The lowest BCUT2D eigenvalue weighted by Crippen LogP contribution is -1.85. The Morgan fingerprint density at radius 3 is 2.35 bits per heavy atom. The van der Waals surface area contributed by atoms with Gasteiger partial charge in [0, 0.05) is 0 Å². The molecule has 0 N–H and O–H groups in total. The van der Waals surface area contributed by atoms with E-state index in [4.69, 9.17) is 0 Å². The van der Waals surface area contributed by atoms with Crippen LogP contribution in [0.2, 0.25) is 0 Å². The fourth-order valence-electron chi connectivity index (χ4n) is 3.87. The van der Waals surface area contributed by atoms with Crippen LogP contribution in [0.15, 0.2) is 84.9 Å². The third kappa shape index (κ3) is 2.64. The minimum atomic E-state index is 0.994. The molecule has 1 aliphatic rings. The van der Waals surface area contributed by atoms with E-state index in [1.165, 1.54) is 49.4 Å². The van der Waals surface area contributed by atoms with Crippen molar-refractivity contribution in [3.63, 3.8) is 0 Å². The van der Waals surface area contributed by atoms with Gasteiger partial charge in [-0.05, 0) is 81.4 Å². The Morgan fingerprint density at radius 1 is 0.692 bits per heavy atom. The molecule has 0 aromatic heterocycles. The molecule has 0 saturated heterocycles. The molecule has 4 aromatic carbocycles. The van der Waals surface area contributed by atoms with E-state index >= 15 is 0 Å². The van der Waals surface area contributed by atoms with E-state index in [1.807, 2.05) is 0 Å². The maximum atomic E-state index is 2.32. The lowest BCUT2D eigenvalue weighted by molar-refractivity contribution is 1.27. The summed E-state index contributed by atoms with van der Waals surface area (Å²) in [4.78, 5) is 0. The molecule has 0 nitrogen and oxygen atoms in total. The molecule has 26 heavy (non-hydrogen) atoms. The molecule has 0 saturated carbocycles. The predicted octanol–water partition coefficient (Wildman–Crippen LogP) is 6.95. The van der Waals surface area contributed by atoms with E-state index in [0.717, 1.165) is 6.42 Å². The molecular formula is C26H20. The first-order valence-electron chi connectivity index (χ1n) is 9.17. The van der Waals surface area contributed by atoms with Crippen molar-refractivity contribution in [2.24, 2.45) is 0 Å². The normalized spacial score (nSPS) is 13.5. The van der Waals surface area contributed by atoms with E-state index in [1.54, 1.807) is 0 Å². The van der Waals surface area contributed by atoms with E-state index in [2.05, 4.69) is 97.9 Å². The molecule has 0 amide bonds. The SMILES string of the molecule is Cc1ccc2cc3cc(C4=Cc5ccccc5CC=C4)ccc3cc2c1. The van der Waals surface area contributed by atoms with Gasteiger partial charge in [0.2, 0.25) is 0 Å². The molecule has 0 atom stereocenters. The van der Waals surface area contributed by atoms with Crippen molar-refractivity contribution in [2.45, 2.75) is 13.3 Å². The lowest BCUT2D eigenvalue weighted by Gasteiger charge is -2.08. The average molecular weight is 332 g/mol. The topological polar surface area (TPSA) is 0 Å². The number of allylic oxidation sites excluding steroid dienone is 3. The number of fused-ring (bicyclic) bond motifs is 3. The van der Waals surface area contributed by atoms with Crippen LogP contribution in [0.4, 0.5) is 0 Å². The summed E-state index contributed by atoms with van der Waals surface area (Å²) in [5.41, 5.74) is 6.57. The lowest BCUT2D eigenvalue weighted by atomic mass is 9.97. The van der Waals surface area contributed by atoms with Crippen LogP contribution in [0.3, 0.4) is 0 Å². The quantitative estimate of drug-likeness (QED) is 0.331. The van der Waals surface area contributed by atoms with Crippen molar-refractivity contribution >= 4 is 33.2 Å². The first kappa shape index (κ1) is 15.2. The molecule has 0 aliphatic heterocycles. The number of aryl methyl sites for hydroxylation is 1. The standard InChI is InChI=1S/C26H20/c1-18-9-10-23-17-26-15-22(11-12-24(26)16-25(23)13-18)21-8-4-7-19-5-2-3-6-20(19)14-21/h2-6,8-17H,7H2,1H3. The molecule has 0 fully saturated rings. The molecule has 0 spiro atoms. The molecule has 1 aliphatic carbocycles. The second-order valence-corrected chi connectivity index (χ2v) is 7.17. The first-order valence-corrected chi connectivity index (χ1v) is 9.17. The van der Waals surface area contributed by atoms with Crippen LogP contribution in [-0.2, 0) is 6.42 Å².